The number of amides is 1. The maximum absolute atomic E-state index is 12.2. The van der Waals surface area contributed by atoms with Crippen LogP contribution in [0.1, 0.15) is 41.6 Å². The van der Waals surface area contributed by atoms with Gasteiger partial charge < -0.3 is 10.4 Å². The lowest BCUT2D eigenvalue weighted by molar-refractivity contribution is -0.384. The number of rotatable bonds is 4. The zero-order chi connectivity index (χ0) is 15.6. The fourth-order valence-corrected chi connectivity index (χ4v) is 2.66. The Hall–Kier alpha value is -2.44. The summed E-state index contributed by atoms with van der Waals surface area (Å²) in [4.78, 5) is 33.9. The largest absolute Gasteiger partial charge is 0.480 e. The highest BCUT2D eigenvalue weighted by Crippen LogP contribution is 2.30. The zero-order valence-corrected chi connectivity index (χ0v) is 11.6. The molecule has 0 unspecified atom stereocenters. The molecule has 1 aromatic carbocycles. The molecule has 2 N–H and O–H groups in total. The van der Waals surface area contributed by atoms with Crippen LogP contribution in [0.4, 0.5) is 5.69 Å². The molecule has 112 valence electrons. The molecule has 0 radical (unpaired) electrons. The summed E-state index contributed by atoms with van der Waals surface area (Å²) in [5, 5.41) is 22.7. The van der Waals surface area contributed by atoms with Crippen LogP contribution in [0.2, 0.25) is 0 Å². The van der Waals surface area contributed by atoms with E-state index in [4.69, 9.17) is 0 Å². The summed E-state index contributed by atoms with van der Waals surface area (Å²) in [5.74, 6) is -1.65. The van der Waals surface area contributed by atoms with Crippen molar-refractivity contribution in [3.05, 3.63) is 39.4 Å². The smallest absolute Gasteiger partial charge is 0.329 e. The van der Waals surface area contributed by atoms with E-state index >= 15 is 0 Å². The molecule has 7 heteroatoms. The molecule has 0 bridgehead atoms. The van der Waals surface area contributed by atoms with Gasteiger partial charge in [-0.15, -0.1) is 0 Å². The molecule has 1 fully saturated rings. The fraction of sp³-hybridized carbons (Fsp3) is 0.429. The molecule has 0 saturated heterocycles. The zero-order valence-electron chi connectivity index (χ0n) is 11.6. The summed E-state index contributed by atoms with van der Waals surface area (Å²) in [6.07, 6.45) is 2.23. The number of nitrogens with one attached hydrogen (secondary N) is 1. The van der Waals surface area contributed by atoms with E-state index in [0.29, 0.717) is 18.4 Å². The predicted molar refractivity (Wildman–Crippen MR) is 74.1 cm³/mol. The maximum atomic E-state index is 12.2. The summed E-state index contributed by atoms with van der Waals surface area (Å²) >= 11 is 0. The molecule has 1 amide bonds. The van der Waals surface area contributed by atoms with Crippen LogP contribution in [0.3, 0.4) is 0 Å². The average molecular weight is 292 g/mol. The number of carboxylic acid groups (broad SMARTS) is 1. The Morgan fingerprint density at radius 1 is 1.29 bits per heavy atom. The quantitative estimate of drug-likeness (QED) is 0.651. The molecule has 0 spiro atoms. The van der Waals surface area contributed by atoms with E-state index in [-0.39, 0.29) is 11.3 Å². The van der Waals surface area contributed by atoms with E-state index in [1.165, 1.54) is 12.1 Å². The number of nitro benzene ring substituents is 1. The number of nitro groups is 1. The summed E-state index contributed by atoms with van der Waals surface area (Å²) in [6, 6.07) is 4.03. The van der Waals surface area contributed by atoms with Gasteiger partial charge in [0.1, 0.15) is 5.54 Å². The van der Waals surface area contributed by atoms with Crippen LogP contribution >= 0.6 is 0 Å². The van der Waals surface area contributed by atoms with Crippen LogP contribution in [-0.2, 0) is 4.79 Å². The van der Waals surface area contributed by atoms with Crippen molar-refractivity contribution in [3.63, 3.8) is 0 Å². The molecule has 1 aliphatic rings. The first kappa shape index (κ1) is 15.0. The summed E-state index contributed by atoms with van der Waals surface area (Å²) < 4.78 is 0. The molecule has 0 aromatic heterocycles. The van der Waals surface area contributed by atoms with Crippen molar-refractivity contribution in [2.24, 2.45) is 0 Å². The first-order chi connectivity index (χ1) is 9.84. The predicted octanol–water partition coefficient (Wildman–Crippen LogP) is 2.03. The topological polar surface area (TPSA) is 110 Å². The Kier molecular flexibility index (Phi) is 3.93. The maximum Gasteiger partial charge on any atom is 0.329 e. The third-order valence-corrected chi connectivity index (χ3v) is 3.75. The molecule has 0 aliphatic heterocycles. The molecule has 7 nitrogen and oxygen atoms in total. The number of carbonyl (C=O) groups is 2. The Bertz CT molecular complexity index is 605. The molecule has 1 aromatic rings. The highest BCUT2D eigenvalue weighted by atomic mass is 16.6. The summed E-state index contributed by atoms with van der Waals surface area (Å²) in [7, 11) is 0. The SMILES string of the molecule is Cc1cc(C(=O)NC2(C(=O)O)CCCC2)cc([N+](=O)[O-])c1. The highest BCUT2D eigenvalue weighted by Gasteiger charge is 2.42. The number of carbonyl (C=O) groups excluding carboxylic acids is 1. The Labute approximate surface area is 121 Å². The van der Waals surface area contributed by atoms with Crippen LogP contribution in [-0.4, -0.2) is 27.4 Å². The second kappa shape index (κ2) is 5.51. The highest BCUT2D eigenvalue weighted by molar-refractivity contribution is 5.98. The van der Waals surface area contributed by atoms with Crippen molar-refractivity contribution in [2.45, 2.75) is 38.1 Å². The van der Waals surface area contributed by atoms with Crippen molar-refractivity contribution in [3.8, 4) is 0 Å². The van der Waals surface area contributed by atoms with Gasteiger partial charge in [-0.25, -0.2) is 4.79 Å². The fourth-order valence-electron chi connectivity index (χ4n) is 2.66. The lowest BCUT2D eigenvalue weighted by Crippen LogP contribution is -2.52. The van der Waals surface area contributed by atoms with Crippen molar-refractivity contribution in [1.29, 1.82) is 0 Å². The van der Waals surface area contributed by atoms with Gasteiger partial charge in [-0.3, -0.25) is 14.9 Å². The molecular weight excluding hydrogens is 276 g/mol. The summed E-state index contributed by atoms with van der Waals surface area (Å²) in [5.41, 5.74) is -0.759. The minimum atomic E-state index is -1.25. The third-order valence-electron chi connectivity index (χ3n) is 3.75. The van der Waals surface area contributed by atoms with Gasteiger partial charge in [0.25, 0.3) is 11.6 Å². The molecule has 1 saturated carbocycles. The Balaban J connectivity index is 2.28. The van der Waals surface area contributed by atoms with Crippen LogP contribution in [0.15, 0.2) is 18.2 Å². The Morgan fingerprint density at radius 3 is 2.43 bits per heavy atom. The van der Waals surface area contributed by atoms with Crippen LogP contribution in [0.25, 0.3) is 0 Å². The first-order valence-corrected chi connectivity index (χ1v) is 6.66. The van der Waals surface area contributed by atoms with Gasteiger partial charge in [-0.2, -0.15) is 0 Å². The number of hydrogen-bond acceptors (Lipinski definition) is 4. The second-order valence-corrected chi connectivity index (χ2v) is 5.36. The van der Waals surface area contributed by atoms with Crippen LogP contribution < -0.4 is 5.32 Å². The molecular formula is C14H16N2O5. The Morgan fingerprint density at radius 2 is 1.90 bits per heavy atom. The van der Waals surface area contributed by atoms with Crippen molar-refractivity contribution < 1.29 is 19.6 Å². The number of non-ortho nitro benzene ring substituents is 1. The van der Waals surface area contributed by atoms with Crippen LogP contribution in [0.5, 0.6) is 0 Å². The van der Waals surface area contributed by atoms with E-state index in [2.05, 4.69) is 5.32 Å². The second-order valence-electron chi connectivity index (χ2n) is 5.36. The van der Waals surface area contributed by atoms with Crippen LogP contribution in [0, 0.1) is 17.0 Å². The normalized spacial score (nSPS) is 16.4. The molecule has 1 aliphatic carbocycles. The molecule has 21 heavy (non-hydrogen) atoms. The van der Waals surface area contributed by atoms with Crippen molar-refractivity contribution in [2.75, 3.05) is 0 Å². The lowest BCUT2D eigenvalue weighted by atomic mass is 9.97. The standard InChI is InChI=1S/C14H16N2O5/c1-9-6-10(8-11(7-9)16(20)21)12(17)15-14(13(18)19)4-2-3-5-14/h6-8H,2-5H2,1H3,(H,15,17)(H,18,19). The number of hydrogen-bond donors (Lipinski definition) is 2. The molecule has 0 atom stereocenters. The number of aliphatic carboxylic acids is 1. The van der Waals surface area contributed by atoms with E-state index in [1.807, 2.05) is 0 Å². The van der Waals surface area contributed by atoms with Gasteiger partial charge in [0, 0.05) is 17.7 Å². The van der Waals surface area contributed by atoms with Gasteiger partial charge in [-0.05, 0) is 31.4 Å². The van der Waals surface area contributed by atoms with Gasteiger partial charge >= 0.3 is 5.97 Å². The van der Waals surface area contributed by atoms with Gasteiger partial charge in [0.05, 0.1) is 4.92 Å². The van der Waals surface area contributed by atoms with Gasteiger partial charge in [-0.1, -0.05) is 12.8 Å². The number of benzene rings is 1. The minimum absolute atomic E-state index is 0.106. The average Bonchev–Trinajstić information content (AvgIpc) is 2.87. The third kappa shape index (κ3) is 3.01. The number of carboxylic acids is 1. The first-order valence-electron chi connectivity index (χ1n) is 6.66. The van der Waals surface area contributed by atoms with Crippen molar-refractivity contribution >= 4 is 17.6 Å². The monoisotopic (exact) mass is 292 g/mol. The van der Waals surface area contributed by atoms with E-state index < -0.39 is 22.3 Å². The summed E-state index contributed by atoms with van der Waals surface area (Å²) in [6.45, 7) is 1.65. The lowest BCUT2D eigenvalue weighted by Gasteiger charge is -2.25. The number of aryl methyl sites for hydroxylation is 1. The van der Waals surface area contributed by atoms with E-state index in [1.54, 1.807) is 6.92 Å². The number of nitrogens with zero attached hydrogens (tertiary/aromatic N) is 1. The van der Waals surface area contributed by atoms with Gasteiger partial charge in [0.2, 0.25) is 0 Å². The van der Waals surface area contributed by atoms with Gasteiger partial charge in [0.15, 0.2) is 0 Å². The van der Waals surface area contributed by atoms with Crippen molar-refractivity contribution in [1.82, 2.24) is 5.32 Å². The molecule has 2 rings (SSSR count). The minimum Gasteiger partial charge on any atom is -0.480 e. The van der Waals surface area contributed by atoms with E-state index in [0.717, 1.165) is 18.9 Å². The van der Waals surface area contributed by atoms with E-state index in [9.17, 15) is 24.8 Å². The molecule has 0 heterocycles.